The first-order valence-electron chi connectivity index (χ1n) is 20.5. The van der Waals surface area contributed by atoms with Crippen molar-refractivity contribution in [1.29, 1.82) is 0 Å². The molecule has 0 spiro atoms. The van der Waals surface area contributed by atoms with Crippen molar-refractivity contribution in [1.82, 2.24) is 9.97 Å². The number of allylic oxidation sites excluding steroid dienone is 17. The van der Waals surface area contributed by atoms with Crippen molar-refractivity contribution < 1.29 is 0 Å². The molecular formula is C53H59N5. The molecular weight excluding hydrogens is 707 g/mol. The molecule has 0 saturated carbocycles. The zero-order valence-electron chi connectivity index (χ0n) is 34.7. The second kappa shape index (κ2) is 22.5. The maximum absolute atomic E-state index is 6.56. The molecule has 1 aromatic heterocycles. The molecule has 0 fully saturated rings. The highest BCUT2D eigenvalue weighted by Crippen LogP contribution is 2.29. The lowest BCUT2D eigenvalue weighted by atomic mass is 9.85. The van der Waals surface area contributed by atoms with Gasteiger partial charge in [-0.15, -0.1) is 0 Å². The number of aliphatic imine (C=N–C) groups is 2. The molecule has 1 heterocycles. The molecule has 0 saturated heterocycles. The highest BCUT2D eigenvalue weighted by Gasteiger charge is 2.18. The lowest BCUT2D eigenvalue weighted by Crippen LogP contribution is -2.17. The molecule has 5 nitrogen and oxygen atoms in total. The van der Waals surface area contributed by atoms with Gasteiger partial charge in [0.2, 0.25) is 0 Å². The van der Waals surface area contributed by atoms with Gasteiger partial charge in [0.1, 0.15) is 11.7 Å². The number of rotatable bonds is 17. The molecule has 58 heavy (non-hydrogen) atoms. The molecule has 0 radical (unpaired) electrons. The number of amidine groups is 2. The van der Waals surface area contributed by atoms with E-state index in [0.717, 1.165) is 65.2 Å². The number of aromatic nitrogens is 2. The van der Waals surface area contributed by atoms with Gasteiger partial charge in [0.15, 0.2) is 5.84 Å². The van der Waals surface area contributed by atoms with Gasteiger partial charge in [0, 0.05) is 17.0 Å². The Hall–Kier alpha value is -6.20. The van der Waals surface area contributed by atoms with Gasteiger partial charge in [-0.2, -0.15) is 0 Å². The first-order valence-corrected chi connectivity index (χ1v) is 20.5. The van der Waals surface area contributed by atoms with E-state index in [9.17, 15) is 0 Å². The molecule has 5 rings (SSSR count). The van der Waals surface area contributed by atoms with Gasteiger partial charge in [0.05, 0.1) is 17.4 Å². The molecule has 2 aliphatic carbocycles. The minimum absolute atomic E-state index is 0.0665. The SMILES string of the molecule is C=C/C=C\C=C\c1cccc(C(N=C(N)/C=C/CCC(C)c2ccc(-c3cc(/C=C(C)/C=C\C=C)nc(C4C=CC=CC4)n3)cc2)=N[C@H](C)CC2C=CC=C[C@H]2C)c1. The molecule has 0 amide bonds. The van der Waals surface area contributed by atoms with E-state index in [1.807, 2.05) is 42.5 Å². The van der Waals surface area contributed by atoms with Gasteiger partial charge in [-0.1, -0.05) is 173 Å². The van der Waals surface area contributed by atoms with E-state index in [1.165, 1.54) is 5.56 Å². The second-order valence-corrected chi connectivity index (χ2v) is 15.1. The fraction of sp³-hybridized carbons (Fsp3) is 0.245. The summed E-state index contributed by atoms with van der Waals surface area (Å²) in [4.78, 5) is 20.0. The summed E-state index contributed by atoms with van der Waals surface area (Å²) in [6.45, 7) is 16.3. The lowest BCUT2D eigenvalue weighted by Gasteiger charge is -2.22. The first kappa shape index (κ1) is 42.9. The summed E-state index contributed by atoms with van der Waals surface area (Å²) in [6.07, 6.45) is 42.6. The van der Waals surface area contributed by atoms with Gasteiger partial charge in [-0.3, -0.25) is 4.99 Å². The smallest absolute Gasteiger partial charge is 0.157 e. The molecule has 0 bridgehead atoms. The summed E-state index contributed by atoms with van der Waals surface area (Å²) in [5.41, 5.74) is 13.9. The van der Waals surface area contributed by atoms with E-state index in [4.69, 9.17) is 25.7 Å². The van der Waals surface area contributed by atoms with Gasteiger partial charge in [-0.25, -0.2) is 15.0 Å². The zero-order chi connectivity index (χ0) is 41.1. The molecule has 2 N–H and O–H groups in total. The van der Waals surface area contributed by atoms with Crippen LogP contribution in [0.2, 0.25) is 0 Å². The van der Waals surface area contributed by atoms with E-state index in [1.54, 1.807) is 12.2 Å². The van der Waals surface area contributed by atoms with Crippen molar-refractivity contribution in [3.05, 3.63) is 205 Å². The highest BCUT2D eigenvalue weighted by atomic mass is 15.0. The van der Waals surface area contributed by atoms with Crippen molar-refractivity contribution in [2.24, 2.45) is 27.6 Å². The molecule has 3 aromatic rings. The number of hydrogen-bond acceptors (Lipinski definition) is 3. The average molecular weight is 766 g/mol. The van der Waals surface area contributed by atoms with E-state index < -0.39 is 0 Å². The average Bonchev–Trinajstić information content (AvgIpc) is 3.24. The van der Waals surface area contributed by atoms with Gasteiger partial charge in [0.25, 0.3) is 0 Å². The van der Waals surface area contributed by atoms with E-state index in [-0.39, 0.29) is 12.0 Å². The minimum atomic E-state index is 0.0665. The predicted molar refractivity (Wildman–Crippen MR) is 251 cm³/mol. The van der Waals surface area contributed by atoms with Crippen molar-refractivity contribution in [3.63, 3.8) is 0 Å². The van der Waals surface area contributed by atoms with Crippen LogP contribution in [0.25, 0.3) is 23.4 Å². The van der Waals surface area contributed by atoms with E-state index in [0.29, 0.717) is 29.4 Å². The maximum atomic E-state index is 6.56. The molecule has 296 valence electrons. The standard InChI is InChI=1S/C53H59N5/c1-7-9-11-13-24-43-25-20-29-48(37-43)53(55-42(6)36-47-28-18-16-23-41(47)5)58-51(54)30-19-17-22-40(4)44-31-33-45(34-32-44)50-38-49(35-39(3)21-10-8-2)56-52(57-50)46-26-14-12-15-27-46/h7-16,18-21,23-26,28-35,37-38,40-42,46-47H,1-2,17,22,27,36H2,3-6H3,(H2,54,55,58)/b11-9-,21-10-,24-13+,30-19+,39-35+/t40?,41-,42-,46?,47?/m1/s1. The third-order valence-electron chi connectivity index (χ3n) is 10.3. The fourth-order valence-electron chi connectivity index (χ4n) is 6.98. The molecule has 5 heteroatoms. The van der Waals surface area contributed by atoms with E-state index >= 15 is 0 Å². The Morgan fingerprint density at radius 3 is 2.45 bits per heavy atom. The van der Waals surface area contributed by atoms with Crippen LogP contribution in [0.15, 0.2) is 187 Å². The Labute approximate surface area is 347 Å². The predicted octanol–water partition coefficient (Wildman–Crippen LogP) is 13.0. The normalized spacial score (nSPS) is 19.9. The number of hydrogen-bond donors (Lipinski definition) is 1. The van der Waals surface area contributed by atoms with Gasteiger partial charge in [-0.05, 0) is 98.3 Å². The summed E-state index contributed by atoms with van der Waals surface area (Å²) in [5, 5.41) is 0. The number of nitrogens with two attached hydrogens (primary N) is 1. The number of benzene rings is 2. The van der Waals surface area contributed by atoms with Gasteiger partial charge >= 0.3 is 0 Å². The summed E-state index contributed by atoms with van der Waals surface area (Å²) < 4.78 is 0. The summed E-state index contributed by atoms with van der Waals surface area (Å²) in [7, 11) is 0. The van der Waals surface area contributed by atoms with Crippen LogP contribution in [0.5, 0.6) is 0 Å². The van der Waals surface area contributed by atoms with Crippen LogP contribution in [0.4, 0.5) is 0 Å². The largest absolute Gasteiger partial charge is 0.384 e. The molecule has 5 atom stereocenters. The Morgan fingerprint density at radius 1 is 0.897 bits per heavy atom. The molecule has 0 aliphatic heterocycles. The van der Waals surface area contributed by atoms with Crippen LogP contribution in [-0.4, -0.2) is 27.7 Å². The Morgan fingerprint density at radius 2 is 1.69 bits per heavy atom. The lowest BCUT2D eigenvalue weighted by molar-refractivity contribution is 0.438. The van der Waals surface area contributed by atoms with E-state index in [2.05, 4.69) is 156 Å². The van der Waals surface area contributed by atoms with Crippen molar-refractivity contribution in [3.8, 4) is 11.3 Å². The van der Waals surface area contributed by atoms with Crippen molar-refractivity contribution >= 4 is 23.8 Å². The van der Waals surface area contributed by atoms with Crippen LogP contribution in [0.3, 0.4) is 0 Å². The van der Waals surface area contributed by atoms with Crippen molar-refractivity contribution in [2.45, 2.75) is 71.3 Å². The monoisotopic (exact) mass is 765 g/mol. The summed E-state index contributed by atoms with van der Waals surface area (Å²) in [5.74, 6) is 3.36. The molecule has 3 unspecified atom stereocenters. The maximum Gasteiger partial charge on any atom is 0.157 e. The van der Waals surface area contributed by atoms with Crippen LogP contribution in [-0.2, 0) is 0 Å². The molecule has 2 aliphatic rings. The third kappa shape index (κ3) is 13.5. The summed E-state index contributed by atoms with van der Waals surface area (Å²) >= 11 is 0. The van der Waals surface area contributed by atoms with Crippen LogP contribution >= 0.6 is 0 Å². The number of nitrogens with zero attached hydrogens (tertiary/aromatic N) is 4. The van der Waals surface area contributed by atoms with Crippen LogP contribution in [0, 0.1) is 11.8 Å². The Bertz CT molecular complexity index is 2200. The highest BCUT2D eigenvalue weighted by molar-refractivity contribution is 6.09. The topological polar surface area (TPSA) is 76.5 Å². The molecule has 2 aromatic carbocycles. The zero-order valence-corrected chi connectivity index (χ0v) is 34.7. The van der Waals surface area contributed by atoms with Crippen LogP contribution in [0.1, 0.15) is 93.4 Å². The second-order valence-electron chi connectivity index (χ2n) is 15.1. The fourth-order valence-corrected chi connectivity index (χ4v) is 6.98. The quantitative estimate of drug-likeness (QED) is 0.0844. The Kier molecular flexibility index (Phi) is 16.7. The Balaban J connectivity index is 1.28. The summed E-state index contributed by atoms with van der Waals surface area (Å²) in [6, 6.07) is 19.2. The minimum Gasteiger partial charge on any atom is -0.384 e. The van der Waals surface area contributed by atoms with Gasteiger partial charge < -0.3 is 5.73 Å². The van der Waals surface area contributed by atoms with Crippen molar-refractivity contribution in [2.75, 3.05) is 0 Å². The first-order chi connectivity index (χ1) is 28.2. The third-order valence-corrected chi connectivity index (χ3v) is 10.3. The van der Waals surface area contributed by atoms with Crippen LogP contribution < -0.4 is 5.73 Å².